The molecule has 1 heterocycles. The van der Waals surface area contributed by atoms with Gasteiger partial charge in [-0.25, -0.2) is 9.97 Å². The van der Waals surface area contributed by atoms with Crippen LogP contribution < -0.4 is 0 Å². The minimum Gasteiger partial charge on any atom is -0.258 e. The van der Waals surface area contributed by atoms with Crippen molar-refractivity contribution in [1.82, 2.24) is 9.97 Å². The van der Waals surface area contributed by atoms with Gasteiger partial charge >= 0.3 is 0 Å². The summed E-state index contributed by atoms with van der Waals surface area (Å²) in [4.78, 5) is 18.8. The predicted molar refractivity (Wildman–Crippen MR) is 81.2 cm³/mol. The lowest BCUT2D eigenvalue weighted by Crippen LogP contribution is -1.99. The molecule has 0 saturated carbocycles. The Kier molecular flexibility index (Phi) is 4.31. The molecule has 0 fully saturated rings. The van der Waals surface area contributed by atoms with Gasteiger partial charge in [0.25, 0.3) is 5.69 Å². The number of aromatic nitrogens is 2. The first-order valence-electron chi connectivity index (χ1n) is 5.49. The van der Waals surface area contributed by atoms with E-state index in [1.54, 1.807) is 12.1 Å². The van der Waals surface area contributed by atoms with Gasteiger partial charge in [0.1, 0.15) is 5.15 Å². The Labute approximate surface area is 128 Å². The van der Waals surface area contributed by atoms with Gasteiger partial charge in [-0.05, 0) is 41.1 Å². The standard InChI is InChI=1S/C12H9ClIN3O2/c1-2-9-10(14)11(13)16-12(15-9)7-3-5-8(6-4-7)17(18)19/h3-6H,2H2,1H3. The summed E-state index contributed by atoms with van der Waals surface area (Å²) in [5.74, 6) is 0.483. The highest BCUT2D eigenvalue weighted by Gasteiger charge is 2.12. The third-order valence-corrected chi connectivity index (χ3v) is 4.28. The molecular formula is C12H9ClIN3O2. The second kappa shape index (κ2) is 5.79. The lowest BCUT2D eigenvalue weighted by molar-refractivity contribution is -0.384. The van der Waals surface area contributed by atoms with E-state index in [1.165, 1.54) is 12.1 Å². The van der Waals surface area contributed by atoms with E-state index in [0.29, 0.717) is 16.5 Å². The molecule has 0 radical (unpaired) electrons. The van der Waals surface area contributed by atoms with Crippen molar-refractivity contribution < 1.29 is 4.92 Å². The lowest BCUT2D eigenvalue weighted by Gasteiger charge is -2.06. The zero-order chi connectivity index (χ0) is 14.0. The SMILES string of the molecule is CCc1nc(-c2ccc([N+](=O)[O-])cc2)nc(Cl)c1I. The molecule has 0 unspecified atom stereocenters. The molecular weight excluding hydrogens is 381 g/mol. The number of non-ortho nitro benzene ring substituents is 1. The van der Waals surface area contributed by atoms with Gasteiger partial charge in [-0.2, -0.15) is 0 Å². The van der Waals surface area contributed by atoms with Crippen LogP contribution in [-0.2, 0) is 6.42 Å². The van der Waals surface area contributed by atoms with Gasteiger partial charge in [0.05, 0.1) is 14.2 Å². The van der Waals surface area contributed by atoms with E-state index in [1.807, 2.05) is 6.92 Å². The molecule has 0 saturated heterocycles. The summed E-state index contributed by atoms with van der Waals surface area (Å²) in [6.07, 6.45) is 0.750. The number of nitro groups is 1. The molecule has 0 aliphatic rings. The summed E-state index contributed by atoms with van der Waals surface area (Å²) in [6.45, 7) is 1.99. The predicted octanol–water partition coefficient (Wildman–Crippen LogP) is 3.87. The Morgan fingerprint density at radius 1 is 1.32 bits per heavy atom. The maximum absolute atomic E-state index is 10.6. The van der Waals surface area contributed by atoms with Crippen molar-refractivity contribution in [3.8, 4) is 11.4 Å². The van der Waals surface area contributed by atoms with Crippen molar-refractivity contribution in [2.45, 2.75) is 13.3 Å². The molecule has 0 amide bonds. The summed E-state index contributed by atoms with van der Waals surface area (Å²) >= 11 is 8.17. The molecule has 7 heteroatoms. The quantitative estimate of drug-likeness (QED) is 0.346. The molecule has 1 aromatic heterocycles. The molecule has 0 bridgehead atoms. The number of nitrogens with zero attached hydrogens (tertiary/aromatic N) is 3. The Morgan fingerprint density at radius 2 is 1.95 bits per heavy atom. The number of aryl methyl sites for hydroxylation is 1. The molecule has 1 aromatic carbocycles. The molecule has 0 aliphatic heterocycles. The van der Waals surface area contributed by atoms with E-state index in [4.69, 9.17) is 11.6 Å². The van der Waals surface area contributed by atoms with Gasteiger partial charge in [0, 0.05) is 17.7 Å². The second-order valence-corrected chi connectivity index (χ2v) is 5.19. The average Bonchev–Trinajstić information content (AvgIpc) is 2.41. The molecule has 0 spiro atoms. The van der Waals surface area contributed by atoms with E-state index in [0.717, 1.165) is 15.7 Å². The van der Waals surface area contributed by atoms with Crippen LogP contribution in [0, 0.1) is 13.7 Å². The fourth-order valence-corrected chi connectivity index (χ4v) is 2.37. The van der Waals surface area contributed by atoms with Crippen LogP contribution in [0.15, 0.2) is 24.3 Å². The van der Waals surface area contributed by atoms with Crippen LogP contribution in [0.5, 0.6) is 0 Å². The monoisotopic (exact) mass is 389 g/mol. The minimum absolute atomic E-state index is 0.0380. The largest absolute Gasteiger partial charge is 0.269 e. The molecule has 2 aromatic rings. The van der Waals surface area contributed by atoms with E-state index >= 15 is 0 Å². The Balaban J connectivity index is 2.47. The van der Waals surface area contributed by atoms with E-state index in [-0.39, 0.29) is 5.69 Å². The molecule has 0 atom stereocenters. The van der Waals surface area contributed by atoms with Crippen LogP contribution in [0.25, 0.3) is 11.4 Å². The van der Waals surface area contributed by atoms with Crippen LogP contribution in [0.1, 0.15) is 12.6 Å². The highest BCUT2D eigenvalue weighted by Crippen LogP contribution is 2.25. The van der Waals surface area contributed by atoms with Crippen molar-refractivity contribution in [3.63, 3.8) is 0 Å². The van der Waals surface area contributed by atoms with Crippen molar-refractivity contribution in [2.75, 3.05) is 0 Å². The minimum atomic E-state index is -0.441. The number of rotatable bonds is 3. The summed E-state index contributed by atoms with van der Waals surface area (Å²) in [6, 6.07) is 6.10. The first kappa shape index (κ1) is 14.1. The lowest BCUT2D eigenvalue weighted by atomic mass is 10.2. The van der Waals surface area contributed by atoms with Crippen LogP contribution in [0.3, 0.4) is 0 Å². The maximum Gasteiger partial charge on any atom is 0.269 e. The maximum atomic E-state index is 10.6. The zero-order valence-corrected chi connectivity index (χ0v) is 12.8. The number of hydrogen-bond acceptors (Lipinski definition) is 4. The van der Waals surface area contributed by atoms with E-state index < -0.39 is 4.92 Å². The number of hydrogen-bond donors (Lipinski definition) is 0. The fourth-order valence-electron chi connectivity index (χ4n) is 1.56. The Hall–Kier alpha value is -1.28. The van der Waals surface area contributed by atoms with Crippen molar-refractivity contribution in [1.29, 1.82) is 0 Å². The third-order valence-electron chi connectivity index (χ3n) is 2.55. The van der Waals surface area contributed by atoms with Crippen molar-refractivity contribution >= 4 is 39.9 Å². The van der Waals surface area contributed by atoms with Crippen LogP contribution in [0.4, 0.5) is 5.69 Å². The van der Waals surface area contributed by atoms with Crippen LogP contribution >= 0.6 is 34.2 Å². The Bertz CT molecular complexity index is 632. The van der Waals surface area contributed by atoms with Crippen molar-refractivity contribution in [2.24, 2.45) is 0 Å². The molecule has 5 nitrogen and oxygen atoms in total. The molecule has 98 valence electrons. The average molecular weight is 390 g/mol. The van der Waals surface area contributed by atoms with E-state index in [2.05, 4.69) is 32.6 Å². The van der Waals surface area contributed by atoms with Gasteiger partial charge in [-0.1, -0.05) is 18.5 Å². The van der Waals surface area contributed by atoms with E-state index in [9.17, 15) is 10.1 Å². The van der Waals surface area contributed by atoms with Crippen molar-refractivity contribution in [3.05, 3.63) is 48.8 Å². The second-order valence-electron chi connectivity index (χ2n) is 3.76. The number of benzene rings is 1. The number of nitro benzene ring substituents is 1. The van der Waals surface area contributed by atoms with Gasteiger partial charge in [-0.3, -0.25) is 10.1 Å². The summed E-state index contributed by atoms with van der Waals surface area (Å²) in [7, 11) is 0. The Morgan fingerprint density at radius 3 is 2.47 bits per heavy atom. The van der Waals surface area contributed by atoms with Crippen LogP contribution in [-0.4, -0.2) is 14.9 Å². The first-order valence-corrected chi connectivity index (χ1v) is 6.95. The number of halogens is 2. The van der Waals surface area contributed by atoms with Gasteiger partial charge in [0.15, 0.2) is 5.82 Å². The summed E-state index contributed by atoms with van der Waals surface area (Å²) in [5, 5.41) is 11.0. The molecule has 0 aliphatic carbocycles. The molecule has 19 heavy (non-hydrogen) atoms. The smallest absolute Gasteiger partial charge is 0.258 e. The van der Waals surface area contributed by atoms with Crippen LogP contribution in [0.2, 0.25) is 5.15 Å². The molecule has 0 N–H and O–H groups in total. The van der Waals surface area contributed by atoms with Gasteiger partial charge < -0.3 is 0 Å². The normalized spacial score (nSPS) is 10.5. The van der Waals surface area contributed by atoms with Gasteiger partial charge in [-0.15, -0.1) is 0 Å². The molecule has 2 rings (SSSR count). The third kappa shape index (κ3) is 3.01. The fraction of sp³-hybridized carbons (Fsp3) is 0.167. The summed E-state index contributed by atoms with van der Waals surface area (Å²) in [5.41, 5.74) is 1.61. The van der Waals surface area contributed by atoms with Gasteiger partial charge in [0.2, 0.25) is 0 Å². The summed E-state index contributed by atoms with van der Waals surface area (Å²) < 4.78 is 0.840. The zero-order valence-electron chi connectivity index (χ0n) is 9.93. The first-order chi connectivity index (χ1) is 9.02. The highest BCUT2D eigenvalue weighted by atomic mass is 127. The topological polar surface area (TPSA) is 68.9 Å². The highest BCUT2D eigenvalue weighted by molar-refractivity contribution is 14.1.